The van der Waals surface area contributed by atoms with Crippen LogP contribution in [0.15, 0.2) is 0 Å². The Kier molecular flexibility index (Phi) is 3.84. The van der Waals surface area contributed by atoms with Crippen LogP contribution in [-0.2, 0) is 4.79 Å². The summed E-state index contributed by atoms with van der Waals surface area (Å²) in [5.74, 6) is -0.255. The number of aliphatic carboxylic acids is 1. The van der Waals surface area contributed by atoms with Gasteiger partial charge in [0.15, 0.2) is 0 Å². The molecule has 0 aromatic rings. The van der Waals surface area contributed by atoms with Crippen molar-refractivity contribution in [3.8, 4) is 0 Å². The van der Waals surface area contributed by atoms with Crippen LogP contribution in [0.1, 0.15) is 52.4 Å². The second-order valence-electron chi connectivity index (χ2n) is 6.97. The lowest BCUT2D eigenvalue weighted by atomic mass is 9.94. The van der Waals surface area contributed by atoms with E-state index < -0.39 is 12.0 Å². The molecule has 1 aliphatic carbocycles. The number of urea groups is 1. The van der Waals surface area contributed by atoms with Gasteiger partial charge in [0, 0.05) is 18.6 Å². The number of carboxylic acids is 1. The number of fused-ring (bicyclic) bond motifs is 1. The molecule has 1 saturated carbocycles. The van der Waals surface area contributed by atoms with Crippen molar-refractivity contribution >= 4 is 12.0 Å². The van der Waals surface area contributed by atoms with E-state index in [1.165, 1.54) is 0 Å². The van der Waals surface area contributed by atoms with Gasteiger partial charge in [0.05, 0.1) is 0 Å². The number of hydrogen-bond donors (Lipinski definition) is 1. The van der Waals surface area contributed by atoms with E-state index in [0.717, 1.165) is 38.5 Å². The minimum atomic E-state index is -0.822. The summed E-state index contributed by atoms with van der Waals surface area (Å²) in [6.07, 6.45) is 6.17. The van der Waals surface area contributed by atoms with Crippen LogP contribution in [0.2, 0.25) is 0 Å². The van der Waals surface area contributed by atoms with E-state index in [2.05, 4.69) is 13.8 Å². The number of carbonyl (C=O) groups is 2. The highest BCUT2D eigenvalue weighted by Gasteiger charge is 2.51. The van der Waals surface area contributed by atoms with Crippen molar-refractivity contribution in [2.45, 2.75) is 70.5 Å². The molecule has 5 atom stereocenters. The van der Waals surface area contributed by atoms with E-state index in [1.807, 2.05) is 4.90 Å². The van der Waals surface area contributed by atoms with Crippen molar-refractivity contribution in [3.05, 3.63) is 0 Å². The molecule has 1 N–H and O–H groups in total. The Morgan fingerprint density at radius 3 is 2.62 bits per heavy atom. The average molecular weight is 294 g/mol. The first-order valence-corrected chi connectivity index (χ1v) is 8.36. The first-order valence-electron chi connectivity index (χ1n) is 8.36. The van der Waals surface area contributed by atoms with Gasteiger partial charge in [0.25, 0.3) is 0 Å². The number of amides is 2. The number of carbonyl (C=O) groups excluding carboxylic acids is 1. The van der Waals surface area contributed by atoms with E-state index >= 15 is 0 Å². The Morgan fingerprint density at radius 1 is 1.19 bits per heavy atom. The highest BCUT2D eigenvalue weighted by atomic mass is 16.4. The summed E-state index contributed by atoms with van der Waals surface area (Å²) in [5, 5.41) is 9.60. The minimum Gasteiger partial charge on any atom is -0.480 e. The zero-order valence-electron chi connectivity index (χ0n) is 13.0. The van der Waals surface area contributed by atoms with Crippen LogP contribution in [-0.4, -0.2) is 51.6 Å². The Labute approximate surface area is 126 Å². The highest BCUT2D eigenvalue weighted by Crippen LogP contribution is 2.43. The van der Waals surface area contributed by atoms with Gasteiger partial charge >= 0.3 is 12.0 Å². The molecule has 2 aliphatic heterocycles. The molecule has 0 aromatic heterocycles. The fraction of sp³-hybridized carbons (Fsp3) is 0.875. The molecule has 3 fully saturated rings. The van der Waals surface area contributed by atoms with Crippen molar-refractivity contribution in [2.75, 3.05) is 6.54 Å². The molecule has 2 amide bonds. The molecule has 2 heterocycles. The first-order chi connectivity index (χ1) is 10.0. The molecule has 5 unspecified atom stereocenters. The number of rotatable bonds is 2. The van der Waals surface area contributed by atoms with Crippen molar-refractivity contribution in [1.82, 2.24) is 9.80 Å². The molecular formula is C16H26N2O3. The van der Waals surface area contributed by atoms with E-state index in [9.17, 15) is 14.7 Å². The summed E-state index contributed by atoms with van der Waals surface area (Å²) in [6.45, 7) is 4.83. The lowest BCUT2D eigenvalue weighted by Crippen LogP contribution is -2.52. The van der Waals surface area contributed by atoms with E-state index in [1.54, 1.807) is 4.90 Å². The zero-order chi connectivity index (χ0) is 15.1. The van der Waals surface area contributed by atoms with Crippen LogP contribution in [0.25, 0.3) is 0 Å². The predicted molar refractivity (Wildman–Crippen MR) is 79.0 cm³/mol. The van der Waals surface area contributed by atoms with Crippen molar-refractivity contribution < 1.29 is 14.7 Å². The van der Waals surface area contributed by atoms with Crippen LogP contribution >= 0.6 is 0 Å². The third-order valence-electron chi connectivity index (χ3n) is 5.87. The average Bonchev–Trinajstić information content (AvgIpc) is 3.09. The Hall–Kier alpha value is -1.26. The second kappa shape index (κ2) is 5.50. The molecule has 2 saturated heterocycles. The molecule has 3 rings (SSSR count). The number of carboxylic acid groups (broad SMARTS) is 1. The van der Waals surface area contributed by atoms with Crippen molar-refractivity contribution in [2.24, 2.45) is 11.8 Å². The summed E-state index contributed by atoms with van der Waals surface area (Å²) in [7, 11) is 0. The molecule has 0 radical (unpaired) electrons. The fourth-order valence-electron chi connectivity index (χ4n) is 4.78. The number of likely N-dealkylation sites (tertiary alicyclic amines) is 2. The summed E-state index contributed by atoms with van der Waals surface area (Å²) in [6, 6.07) is -0.122. The van der Waals surface area contributed by atoms with Crippen molar-refractivity contribution in [1.29, 1.82) is 0 Å². The van der Waals surface area contributed by atoms with Gasteiger partial charge < -0.3 is 14.9 Å². The normalized spacial score (nSPS) is 38.9. The van der Waals surface area contributed by atoms with Crippen LogP contribution in [0.3, 0.4) is 0 Å². The van der Waals surface area contributed by atoms with Gasteiger partial charge in [-0.15, -0.1) is 0 Å². The van der Waals surface area contributed by atoms with Crippen molar-refractivity contribution in [3.63, 3.8) is 0 Å². The molecule has 5 nitrogen and oxygen atoms in total. The van der Waals surface area contributed by atoms with Gasteiger partial charge in [-0.2, -0.15) is 0 Å². The van der Waals surface area contributed by atoms with Gasteiger partial charge in [-0.05, 0) is 50.9 Å². The highest BCUT2D eigenvalue weighted by molar-refractivity contribution is 5.84. The molecule has 21 heavy (non-hydrogen) atoms. The van der Waals surface area contributed by atoms with Crippen LogP contribution < -0.4 is 0 Å². The number of nitrogens with zero attached hydrogens (tertiary/aromatic N) is 2. The van der Waals surface area contributed by atoms with Gasteiger partial charge in [-0.1, -0.05) is 13.3 Å². The van der Waals surface area contributed by atoms with Crippen LogP contribution in [0.5, 0.6) is 0 Å². The molecular weight excluding hydrogens is 268 g/mol. The topological polar surface area (TPSA) is 60.9 Å². The van der Waals surface area contributed by atoms with Gasteiger partial charge in [-0.25, -0.2) is 9.59 Å². The zero-order valence-corrected chi connectivity index (χ0v) is 13.0. The SMILES string of the molecule is CCC1CCC(C)N1C(=O)N1CC2CCCC2C1C(=O)O. The monoisotopic (exact) mass is 294 g/mol. The van der Waals surface area contributed by atoms with Crippen LogP contribution in [0.4, 0.5) is 4.79 Å². The Morgan fingerprint density at radius 2 is 1.95 bits per heavy atom. The summed E-state index contributed by atoms with van der Waals surface area (Å²) >= 11 is 0. The minimum absolute atomic E-state index is 0.0337. The predicted octanol–water partition coefficient (Wildman–Crippen LogP) is 2.55. The van der Waals surface area contributed by atoms with Gasteiger partial charge in [-0.3, -0.25) is 0 Å². The standard InChI is InChI=1S/C16H26N2O3/c1-3-12-8-7-10(2)18(12)16(21)17-9-11-5-4-6-13(11)14(17)15(19)20/h10-14H,3-9H2,1-2H3,(H,19,20). The smallest absolute Gasteiger partial charge is 0.326 e. The van der Waals surface area contributed by atoms with E-state index in [0.29, 0.717) is 12.5 Å². The molecule has 0 aromatic carbocycles. The van der Waals surface area contributed by atoms with Gasteiger partial charge in [0.2, 0.25) is 0 Å². The first kappa shape index (κ1) is 14.7. The van der Waals surface area contributed by atoms with E-state index in [-0.39, 0.29) is 24.0 Å². The molecule has 118 valence electrons. The largest absolute Gasteiger partial charge is 0.480 e. The summed E-state index contributed by atoms with van der Waals surface area (Å²) < 4.78 is 0. The maximum Gasteiger partial charge on any atom is 0.326 e. The Balaban J connectivity index is 1.81. The summed E-state index contributed by atoms with van der Waals surface area (Å²) in [4.78, 5) is 28.3. The lowest BCUT2D eigenvalue weighted by Gasteiger charge is -2.34. The third-order valence-corrected chi connectivity index (χ3v) is 5.87. The van der Waals surface area contributed by atoms with E-state index in [4.69, 9.17) is 0 Å². The number of hydrogen-bond acceptors (Lipinski definition) is 2. The fourth-order valence-corrected chi connectivity index (χ4v) is 4.78. The molecule has 3 aliphatic rings. The molecule has 0 spiro atoms. The molecule has 5 heteroatoms. The summed E-state index contributed by atoms with van der Waals surface area (Å²) in [5.41, 5.74) is 0. The quantitative estimate of drug-likeness (QED) is 0.851. The second-order valence-corrected chi connectivity index (χ2v) is 6.97. The Bertz CT molecular complexity index is 439. The lowest BCUT2D eigenvalue weighted by molar-refractivity contribution is -0.142. The molecule has 0 bridgehead atoms. The van der Waals surface area contributed by atoms with Gasteiger partial charge in [0.1, 0.15) is 6.04 Å². The third kappa shape index (κ3) is 2.30. The maximum atomic E-state index is 13.0. The van der Waals surface area contributed by atoms with Crippen LogP contribution in [0, 0.1) is 11.8 Å². The maximum absolute atomic E-state index is 13.0.